The predicted molar refractivity (Wildman–Crippen MR) is 78.5 cm³/mol. The lowest BCUT2D eigenvalue weighted by Gasteiger charge is -2.38. The first-order chi connectivity index (χ1) is 8.84. The first kappa shape index (κ1) is 16.1. The highest BCUT2D eigenvalue weighted by Gasteiger charge is 2.37. The second kappa shape index (κ2) is 6.03. The summed E-state index contributed by atoms with van der Waals surface area (Å²) in [4.78, 5) is 0.328. The zero-order chi connectivity index (χ0) is 14.7. The van der Waals surface area contributed by atoms with Crippen LogP contribution in [0.1, 0.15) is 32.3 Å². The van der Waals surface area contributed by atoms with Gasteiger partial charge < -0.3 is 5.73 Å². The van der Waals surface area contributed by atoms with E-state index in [9.17, 15) is 8.42 Å². The van der Waals surface area contributed by atoms with Gasteiger partial charge in [0, 0.05) is 19.1 Å². The summed E-state index contributed by atoms with van der Waals surface area (Å²) in [6, 6.07) is 6.97. The molecule has 0 radical (unpaired) electrons. The van der Waals surface area contributed by atoms with Gasteiger partial charge in [0.15, 0.2) is 0 Å². The summed E-state index contributed by atoms with van der Waals surface area (Å²) in [5, 5.41) is 0. The van der Waals surface area contributed by atoms with Crippen LogP contribution in [-0.2, 0) is 10.0 Å². The van der Waals surface area contributed by atoms with Crippen molar-refractivity contribution >= 4 is 10.0 Å². The first-order valence-electron chi connectivity index (χ1n) is 6.60. The van der Waals surface area contributed by atoms with Crippen molar-refractivity contribution in [3.8, 4) is 0 Å². The number of nitrogens with two attached hydrogens (primary N) is 1. The fourth-order valence-corrected chi connectivity index (χ4v) is 4.05. The largest absolute Gasteiger partial charge is 0.329 e. The molecule has 5 heteroatoms. The van der Waals surface area contributed by atoms with Gasteiger partial charge in [-0.05, 0) is 37.5 Å². The van der Waals surface area contributed by atoms with Crippen LogP contribution < -0.4 is 5.73 Å². The fraction of sp³-hybridized carbons (Fsp3) is 0.571. The quantitative estimate of drug-likeness (QED) is 0.870. The molecule has 19 heavy (non-hydrogen) atoms. The Bertz CT molecular complexity index is 514. The molecule has 1 aromatic rings. The molecule has 2 N–H and O–H groups in total. The van der Waals surface area contributed by atoms with E-state index in [0.29, 0.717) is 24.3 Å². The van der Waals surface area contributed by atoms with Crippen LogP contribution in [0.15, 0.2) is 29.2 Å². The van der Waals surface area contributed by atoms with Gasteiger partial charge in [-0.25, -0.2) is 8.42 Å². The van der Waals surface area contributed by atoms with Crippen molar-refractivity contribution in [2.75, 3.05) is 13.6 Å². The number of nitrogens with zero attached hydrogens (tertiary/aromatic N) is 1. The van der Waals surface area contributed by atoms with Crippen LogP contribution in [0.3, 0.4) is 0 Å². The molecule has 0 heterocycles. The Balaban J connectivity index is 3.27. The number of likely N-dealkylation sites (N-methyl/N-ethyl adjacent to an activating group) is 1. The fourth-order valence-electron chi connectivity index (χ4n) is 2.30. The Morgan fingerprint density at radius 1 is 1.26 bits per heavy atom. The minimum Gasteiger partial charge on any atom is -0.329 e. The summed E-state index contributed by atoms with van der Waals surface area (Å²) in [7, 11) is -1.88. The summed E-state index contributed by atoms with van der Waals surface area (Å²) < 4.78 is 26.8. The van der Waals surface area contributed by atoms with Gasteiger partial charge in [-0.2, -0.15) is 4.31 Å². The number of hydrogen-bond acceptors (Lipinski definition) is 3. The van der Waals surface area contributed by atoms with Gasteiger partial charge >= 0.3 is 0 Å². The van der Waals surface area contributed by atoms with E-state index in [2.05, 4.69) is 0 Å². The maximum Gasteiger partial charge on any atom is 0.243 e. The van der Waals surface area contributed by atoms with E-state index in [0.717, 1.165) is 5.56 Å². The SMILES string of the molecule is CCC(CC)(CN)N(C)S(=O)(=O)c1cccc(C)c1. The minimum absolute atomic E-state index is 0.321. The third-order valence-electron chi connectivity index (χ3n) is 4.01. The third-order valence-corrected chi connectivity index (χ3v) is 5.97. The zero-order valence-electron chi connectivity index (χ0n) is 12.2. The van der Waals surface area contributed by atoms with Gasteiger partial charge in [0.05, 0.1) is 4.90 Å². The molecule has 0 saturated heterocycles. The van der Waals surface area contributed by atoms with Crippen molar-refractivity contribution in [2.24, 2.45) is 5.73 Å². The van der Waals surface area contributed by atoms with Gasteiger partial charge in [0.1, 0.15) is 0 Å². The van der Waals surface area contributed by atoms with Crippen LogP contribution in [0.2, 0.25) is 0 Å². The van der Waals surface area contributed by atoms with Gasteiger partial charge in [0.25, 0.3) is 0 Å². The number of rotatable bonds is 6. The Kier molecular flexibility index (Phi) is 5.12. The standard InChI is InChI=1S/C14H24N2O2S/c1-5-14(6-2,11-15)16(4)19(17,18)13-9-7-8-12(3)10-13/h7-10H,5-6,11,15H2,1-4H3. The van der Waals surface area contributed by atoms with Gasteiger partial charge in [-0.1, -0.05) is 26.0 Å². The summed E-state index contributed by atoms with van der Waals surface area (Å²) in [6.07, 6.45) is 1.39. The molecule has 0 aliphatic heterocycles. The average molecular weight is 284 g/mol. The lowest BCUT2D eigenvalue weighted by atomic mass is 9.93. The van der Waals surface area contributed by atoms with Crippen molar-refractivity contribution in [3.63, 3.8) is 0 Å². The molecule has 1 aromatic carbocycles. The molecule has 1 rings (SSSR count). The highest BCUT2D eigenvalue weighted by atomic mass is 32.2. The topological polar surface area (TPSA) is 63.4 Å². The number of hydrogen-bond donors (Lipinski definition) is 1. The molecule has 0 aliphatic carbocycles. The highest BCUT2D eigenvalue weighted by molar-refractivity contribution is 7.89. The van der Waals surface area contributed by atoms with Crippen LogP contribution in [0.25, 0.3) is 0 Å². The molecule has 0 aromatic heterocycles. The molecule has 108 valence electrons. The van der Waals surface area contributed by atoms with E-state index in [1.54, 1.807) is 25.2 Å². The monoisotopic (exact) mass is 284 g/mol. The van der Waals surface area contributed by atoms with E-state index in [4.69, 9.17) is 5.73 Å². The molecule has 0 fully saturated rings. The van der Waals surface area contributed by atoms with E-state index in [-0.39, 0.29) is 0 Å². The molecule has 0 unspecified atom stereocenters. The lowest BCUT2D eigenvalue weighted by molar-refractivity contribution is 0.208. The molecule has 0 saturated carbocycles. The maximum absolute atomic E-state index is 12.7. The summed E-state index contributed by atoms with van der Waals surface area (Å²) in [5.74, 6) is 0. The van der Waals surface area contributed by atoms with Gasteiger partial charge in [-0.15, -0.1) is 0 Å². The van der Waals surface area contributed by atoms with E-state index < -0.39 is 15.6 Å². The smallest absolute Gasteiger partial charge is 0.243 e. The Morgan fingerprint density at radius 2 is 1.84 bits per heavy atom. The summed E-state index contributed by atoms with van der Waals surface area (Å²) in [6.45, 7) is 6.15. The van der Waals surface area contributed by atoms with E-state index in [1.807, 2.05) is 26.8 Å². The Labute approximate surface area is 116 Å². The minimum atomic E-state index is -3.50. The van der Waals surface area contributed by atoms with Crippen LogP contribution in [0.4, 0.5) is 0 Å². The molecular formula is C14H24N2O2S. The van der Waals surface area contributed by atoms with Crippen LogP contribution in [0, 0.1) is 6.92 Å². The van der Waals surface area contributed by atoms with Crippen molar-refractivity contribution in [3.05, 3.63) is 29.8 Å². The van der Waals surface area contributed by atoms with Crippen LogP contribution in [-0.4, -0.2) is 31.9 Å². The number of sulfonamides is 1. The number of benzene rings is 1. The van der Waals surface area contributed by atoms with Crippen molar-refractivity contribution in [2.45, 2.75) is 44.0 Å². The average Bonchev–Trinajstić information content (AvgIpc) is 2.41. The third kappa shape index (κ3) is 2.99. The zero-order valence-corrected chi connectivity index (χ0v) is 13.0. The second-order valence-electron chi connectivity index (χ2n) is 4.92. The van der Waals surface area contributed by atoms with E-state index >= 15 is 0 Å². The molecule has 0 aliphatic rings. The second-order valence-corrected chi connectivity index (χ2v) is 6.89. The number of aryl methyl sites for hydroxylation is 1. The highest BCUT2D eigenvalue weighted by Crippen LogP contribution is 2.28. The lowest BCUT2D eigenvalue weighted by Crippen LogP contribution is -2.53. The summed E-state index contributed by atoms with van der Waals surface area (Å²) in [5.41, 5.74) is 6.25. The van der Waals surface area contributed by atoms with Crippen LogP contribution in [0.5, 0.6) is 0 Å². The normalized spacial score (nSPS) is 12.9. The maximum atomic E-state index is 12.7. The van der Waals surface area contributed by atoms with Crippen molar-refractivity contribution < 1.29 is 8.42 Å². The van der Waals surface area contributed by atoms with Crippen molar-refractivity contribution in [1.29, 1.82) is 0 Å². The van der Waals surface area contributed by atoms with Crippen LogP contribution >= 0.6 is 0 Å². The molecule has 0 spiro atoms. The van der Waals surface area contributed by atoms with Gasteiger partial charge in [0.2, 0.25) is 10.0 Å². The molecule has 0 amide bonds. The molecule has 0 atom stereocenters. The Hall–Kier alpha value is -0.910. The Morgan fingerprint density at radius 3 is 2.26 bits per heavy atom. The molecule has 0 bridgehead atoms. The van der Waals surface area contributed by atoms with Gasteiger partial charge in [-0.3, -0.25) is 0 Å². The molecular weight excluding hydrogens is 260 g/mol. The summed E-state index contributed by atoms with van der Waals surface area (Å²) >= 11 is 0. The van der Waals surface area contributed by atoms with E-state index in [1.165, 1.54) is 4.31 Å². The van der Waals surface area contributed by atoms with Crippen molar-refractivity contribution in [1.82, 2.24) is 4.31 Å². The molecule has 4 nitrogen and oxygen atoms in total. The first-order valence-corrected chi connectivity index (χ1v) is 8.04. The predicted octanol–water partition coefficient (Wildman–Crippen LogP) is 2.13.